The summed E-state index contributed by atoms with van der Waals surface area (Å²) in [5.74, 6) is -59.7. The zero-order chi connectivity index (χ0) is 39.7. The van der Waals surface area contributed by atoms with Gasteiger partial charge in [-0.1, -0.05) is 30.3 Å². The number of alkyl halides is 17. The van der Waals surface area contributed by atoms with Crippen molar-refractivity contribution in [1.29, 1.82) is 0 Å². The topological polar surface area (TPSA) is 154 Å². The molecule has 50 heavy (non-hydrogen) atoms. The Kier molecular flexibility index (Phi) is 12.5. The van der Waals surface area contributed by atoms with E-state index in [9.17, 15) is 93.8 Å². The number of amides is 3. The summed E-state index contributed by atoms with van der Waals surface area (Å²) in [4.78, 5) is 48.6. The van der Waals surface area contributed by atoms with Crippen LogP contribution in [-0.4, -0.2) is 89.6 Å². The summed E-state index contributed by atoms with van der Waals surface area (Å²) in [6.45, 7) is 0.880. The molecule has 0 aliphatic heterocycles. The van der Waals surface area contributed by atoms with E-state index in [1.165, 1.54) is 35.6 Å². The van der Waals surface area contributed by atoms with Crippen LogP contribution in [0.5, 0.6) is 0 Å². The molecule has 1 aromatic carbocycles. The van der Waals surface area contributed by atoms with Gasteiger partial charge < -0.3 is 26.8 Å². The van der Waals surface area contributed by atoms with Gasteiger partial charge in [0, 0.05) is 6.42 Å². The first-order valence-corrected chi connectivity index (χ1v) is 12.8. The van der Waals surface area contributed by atoms with Crippen LogP contribution in [-0.2, 0) is 30.3 Å². The molecule has 3 atom stereocenters. The standard InChI is InChI=1S/C24H21F17N4O5/c1-9(42)15(48)45-12(16(49)44-11(14(43)47)7-10-5-3-2-4-6-10)8-13(46)50-24(40,41)22(35,36)20(31,32)18(27,28)17(25,26)19(29,30)21(33,34)23(37,38)39/h2-6,9,11-12H,7-8,42H2,1H3,(H2,43,47)(H,44,49)(H,45,48)/t9-,11-,12-/m0/s1. The van der Waals surface area contributed by atoms with E-state index < -0.39 is 102 Å². The predicted octanol–water partition coefficient (Wildman–Crippen LogP) is 3.93. The lowest BCUT2D eigenvalue weighted by molar-refractivity contribution is -0.474. The molecule has 0 radical (unpaired) electrons. The zero-order valence-corrected chi connectivity index (χ0v) is 24.2. The minimum absolute atomic E-state index is 0.275. The van der Waals surface area contributed by atoms with Crippen LogP contribution in [0.15, 0.2) is 30.3 Å². The number of primary amides is 1. The average Bonchev–Trinajstić information content (AvgIpc) is 2.95. The van der Waals surface area contributed by atoms with Crippen molar-refractivity contribution in [2.24, 2.45) is 11.5 Å². The summed E-state index contributed by atoms with van der Waals surface area (Å²) in [5.41, 5.74) is 10.6. The molecule has 6 N–H and O–H groups in total. The van der Waals surface area contributed by atoms with E-state index in [4.69, 9.17) is 11.5 Å². The minimum Gasteiger partial charge on any atom is -0.396 e. The maximum Gasteiger partial charge on any atom is 0.473 e. The number of nitrogens with two attached hydrogens (primary N) is 2. The molecule has 0 aromatic heterocycles. The van der Waals surface area contributed by atoms with Gasteiger partial charge in [-0.05, 0) is 12.5 Å². The van der Waals surface area contributed by atoms with Crippen LogP contribution < -0.4 is 22.1 Å². The molecule has 0 spiro atoms. The van der Waals surface area contributed by atoms with Gasteiger partial charge in [0.15, 0.2) is 0 Å². The molecule has 0 bridgehead atoms. The largest absolute Gasteiger partial charge is 0.473 e. The van der Waals surface area contributed by atoms with E-state index in [-0.39, 0.29) is 5.56 Å². The van der Waals surface area contributed by atoms with E-state index in [2.05, 4.69) is 4.74 Å². The second kappa shape index (κ2) is 14.2. The SMILES string of the molecule is C[C@H](N)C(=O)N[C@@H](CC(=O)OC(F)(F)C(F)(F)C(F)(F)C(F)(F)C(F)(F)C(F)(F)C(F)(F)C(F)(F)F)C(=O)N[C@@H](Cc1ccccc1)C(N)=O. The van der Waals surface area contributed by atoms with Crippen molar-refractivity contribution in [3.05, 3.63) is 35.9 Å². The second-order valence-electron chi connectivity index (χ2n) is 10.1. The van der Waals surface area contributed by atoms with Gasteiger partial charge in [0.1, 0.15) is 12.1 Å². The van der Waals surface area contributed by atoms with Crippen molar-refractivity contribution < 1.29 is 98.6 Å². The van der Waals surface area contributed by atoms with Crippen molar-refractivity contribution in [3.63, 3.8) is 0 Å². The van der Waals surface area contributed by atoms with Crippen LogP contribution in [0.4, 0.5) is 74.6 Å². The molecule has 0 fully saturated rings. The lowest BCUT2D eigenvalue weighted by Gasteiger charge is -2.42. The third-order valence-electron chi connectivity index (χ3n) is 6.30. The first-order chi connectivity index (χ1) is 22.1. The first kappa shape index (κ1) is 43.9. The van der Waals surface area contributed by atoms with Crippen molar-refractivity contribution in [2.75, 3.05) is 0 Å². The average molecular weight is 768 g/mol. The molecule has 1 rings (SSSR count). The lowest BCUT2D eigenvalue weighted by atomic mass is 9.90. The Balaban J connectivity index is 3.45. The van der Waals surface area contributed by atoms with Crippen LogP contribution in [0.25, 0.3) is 0 Å². The smallest absolute Gasteiger partial charge is 0.396 e. The van der Waals surface area contributed by atoms with E-state index in [0.717, 1.165) is 6.92 Å². The Morgan fingerprint density at radius 1 is 0.640 bits per heavy atom. The number of carbonyl (C=O) groups excluding carboxylic acids is 4. The van der Waals surface area contributed by atoms with Crippen LogP contribution >= 0.6 is 0 Å². The Labute approximate surface area is 266 Å². The van der Waals surface area contributed by atoms with E-state index in [1.54, 1.807) is 5.32 Å². The highest BCUT2D eigenvalue weighted by Gasteiger charge is 2.96. The second-order valence-corrected chi connectivity index (χ2v) is 10.1. The van der Waals surface area contributed by atoms with Gasteiger partial charge in [-0.3, -0.25) is 19.2 Å². The maximum absolute atomic E-state index is 14.2. The number of carbonyl (C=O) groups is 4. The third-order valence-corrected chi connectivity index (χ3v) is 6.30. The summed E-state index contributed by atoms with van der Waals surface area (Å²) in [6.07, 6.45) is -18.2. The van der Waals surface area contributed by atoms with Crippen molar-refractivity contribution in [3.8, 4) is 0 Å². The van der Waals surface area contributed by atoms with Gasteiger partial charge in [-0.15, -0.1) is 0 Å². The van der Waals surface area contributed by atoms with Crippen LogP contribution in [0.1, 0.15) is 18.9 Å². The molecule has 0 saturated heterocycles. The molecule has 0 aliphatic carbocycles. The summed E-state index contributed by atoms with van der Waals surface area (Å²) >= 11 is 0. The van der Waals surface area contributed by atoms with Crippen LogP contribution in [0.2, 0.25) is 0 Å². The number of halogens is 17. The molecule has 26 heteroatoms. The van der Waals surface area contributed by atoms with Gasteiger partial charge in [0.2, 0.25) is 17.7 Å². The molecule has 1 aromatic rings. The summed E-state index contributed by atoms with van der Waals surface area (Å²) in [5, 5.41) is 3.30. The number of nitrogens with one attached hydrogen (secondary N) is 2. The Bertz CT molecular complexity index is 1400. The molecule has 0 unspecified atom stereocenters. The van der Waals surface area contributed by atoms with Gasteiger partial charge in [0.25, 0.3) is 0 Å². The number of benzene rings is 1. The summed E-state index contributed by atoms with van der Waals surface area (Å²) in [7, 11) is 0. The fourth-order valence-corrected chi connectivity index (χ4v) is 3.42. The van der Waals surface area contributed by atoms with Gasteiger partial charge in [-0.2, -0.15) is 74.6 Å². The number of ether oxygens (including phenoxy) is 1. The number of hydrogen-bond acceptors (Lipinski definition) is 6. The fourth-order valence-electron chi connectivity index (χ4n) is 3.42. The third kappa shape index (κ3) is 8.08. The monoisotopic (exact) mass is 768 g/mol. The minimum atomic E-state index is -8.92. The van der Waals surface area contributed by atoms with Crippen LogP contribution in [0.3, 0.4) is 0 Å². The predicted molar refractivity (Wildman–Crippen MR) is 128 cm³/mol. The highest BCUT2D eigenvalue weighted by Crippen LogP contribution is 2.64. The normalized spacial score (nSPS) is 15.8. The molecule has 9 nitrogen and oxygen atoms in total. The molecular formula is C24H21F17N4O5. The van der Waals surface area contributed by atoms with E-state index in [1.807, 2.05) is 0 Å². The van der Waals surface area contributed by atoms with Gasteiger partial charge in [0.05, 0.1) is 12.5 Å². The molecule has 0 aliphatic rings. The molecule has 3 amide bonds. The van der Waals surface area contributed by atoms with E-state index in [0.29, 0.717) is 0 Å². The number of hydrogen-bond donors (Lipinski definition) is 4. The Morgan fingerprint density at radius 2 is 1.04 bits per heavy atom. The van der Waals surface area contributed by atoms with Crippen LogP contribution in [0, 0.1) is 0 Å². The maximum atomic E-state index is 14.2. The molecule has 0 heterocycles. The van der Waals surface area contributed by atoms with E-state index >= 15 is 0 Å². The summed E-state index contributed by atoms with van der Waals surface area (Å²) in [6, 6.07) is 1.01. The Morgan fingerprint density at radius 3 is 1.44 bits per heavy atom. The highest BCUT2D eigenvalue weighted by atomic mass is 19.4. The lowest BCUT2D eigenvalue weighted by Crippen LogP contribution is -2.74. The first-order valence-electron chi connectivity index (χ1n) is 12.8. The van der Waals surface area contributed by atoms with Crippen molar-refractivity contribution in [2.45, 2.75) is 85.7 Å². The van der Waals surface area contributed by atoms with Crippen molar-refractivity contribution in [1.82, 2.24) is 10.6 Å². The summed E-state index contributed by atoms with van der Waals surface area (Å²) < 4.78 is 231. The fraction of sp³-hybridized carbons (Fsp3) is 0.583. The number of rotatable bonds is 16. The number of esters is 1. The molecular weight excluding hydrogens is 747 g/mol. The van der Waals surface area contributed by atoms with Crippen molar-refractivity contribution >= 4 is 23.7 Å². The Hall–Kier alpha value is -4.13. The zero-order valence-electron chi connectivity index (χ0n) is 24.2. The molecule has 286 valence electrons. The van der Waals surface area contributed by atoms with Gasteiger partial charge in [-0.25, -0.2) is 0 Å². The quantitative estimate of drug-likeness (QED) is 0.148. The van der Waals surface area contributed by atoms with Gasteiger partial charge >= 0.3 is 53.8 Å². The highest BCUT2D eigenvalue weighted by molar-refractivity contribution is 5.94. The molecule has 0 saturated carbocycles.